The van der Waals surface area contributed by atoms with E-state index in [2.05, 4.69) is 20.8 Å². The molecule has 0 heterocycles. The van der Waals surface area contributed by atoms with E-state index in [4.69, 9.17) is 18.6 Å². The predicted molar refractivity (Wildman–Crippen MR) is 159 cm³/mol. The molecule has 41 heavy (non-hydrogen) atoms. The SMILES string of the molecule is CCCCCCCCCCC(CCCCCCCCCC)(CCCCCCCCCC)[N+](O)(O)CC.[O-][Cl+3]([O-])([O-])[O-]. The smallest absolute Gasteiger partial charge is 0.161 e. The van der Waals surface area contributed by atoms with Gasteiger partial charge in [-0.05, 0) is 31.0 Å². The molecule has 0 aromatic carbocycles. The maximum Gasteiger partial charge on any atom is 0.161 e. The lowest BCUT2D eigenvalue weighted by atomic mass is 9.80. The van der Waals surface area contributed by atoms with Crippen molar-refractivity contribution in [2.75, 3.05) is 6.54 Å². The summed E-state index contributed by atoms with van der Waals surface area (Å²) in [6.07, 6.45) is 34.2. The second-order valence-corrected chi connectivity index (χ2v) is 13.1. The zero-order chi connectivity index (χ0) is 31.3. The quantitative estimate of drug-likeness (QED) is 0.0523. The lowest BCUT2D eigenvalue weighted by Crippen LogP contribution is -2.68. The molecule has 0 unspecified atom stereocenters. The van der Waals surface area contributed by atoms with Crippen molar-refractivity contribution in [3.63, 3.8) is 0 Å². The molecule has 8 heteroatoms. The first-order chi connectivity index (χ1) is 19.5. The van der Waals surface area contributed by atoms with Gasteiger partial charge in [0.1, 0.15) is 6.54 Å². The largest absolute Gasteiger partial charge is 0.222 e. The fourth-order valence-corrected chi connectivity index (χ4v) is 6.01. The number of halogens is 1. The number of hydrogen-bond acceptors (Lipinski definition) is 6. The van der Waals surface area contributed by atoms with Gasteiger partial charge in [0.25, 0.3) is 0 Å². The number of quaternary nitrogens is 1. The van der Waals surface area contributed by atoms with Crippen LogP contribution in [0, 0.1) is 10.2 Å². The Morgan fingerprint density at radius 1 is 0.415 bits per heavy atom. The topological polar surface area (TPSA) is 133 Å². The van der Waals surface area contributed by atoms with E-state index in [0.29, 0.717) is 6.54 Å². The molecule has 250 valence electrons. The molecule has 2 N–H and O–H groups in total. The first kappa shape index (κ1) is 43.1. The summed E-state index contributed by atoms with van der Waals surface area (Å²) in [5.41, 5.74) is -0.374. The van der Waals surface area contributed by atoms with E-state index in [0.717, 1.165) is 38.5 Å². The Hall–Kier alpha value is 0.01000. The Bertz CT molecular complexity index is 474. The van der Waals surface area contributed by atoms with E-state index in [1.807, 2.05) is 6.92 Å². The Labute approximate surface area is 257 Å². The minimum Gasteiger partial charge on any atom is -0.222 e. The molecule has 0 aliphatic rings. The first-order valence-electron chi connectivity index (χ1n) is 17.4. The maximum atomic E-state index is 11.2. The maximum absolute atomic E-state index is 11.2. The van der Waals surface area contributed by atoms with Crippen molar-refractivity contribution in [2.24, 2.45) is 0 Å². The average molecular weight is 612 g/mol. The second-order valence-electron chi connectivity index (χ2n) is 12.3. The molecule has 0 saturated heterocycles. The molecule has 0 aromatic heterocycles. The summed E-state index contributed by atoms with van der Waals surface area (Å²) in [7, 11) is -4.94. The standard InChI is InChI=1S/C33H70NO2.ClHO4/c1-5-9-12-15-18-21-24-27-30-33(34(35,36)8-4,31-28-25-22-19-16-13-10-6-2)32-29-26-23-20-17-14-11-7-3;2-1(3,4)5/h35-36H,5-32H2,1-4H3;(H,2,3,4,5)/q+1;/p-1. The normalized spacial score (nSPS) is 12.4. The lowest BCUT2D eigenvalue weighted by molar-refractivity contribution is -2.00. The summed E-state index contributed by atoms with van der Waals surface area (Å²) in [6, 6.07) is 0. The Morgan fingerprint density at radius 3 is 0.805 bits per heavy atom. The molecule has 0 fully saturated rings. The third-order valence-corrected chi connectivity index (χ3v) is 8.69. The van der Waals surface area contributed by atoms with Crippen molar-refractivity contribution in [1.29, 1.82) is 0 Å². The van der Waals surface area contributed by atoms with Gasteiger partial charge in [0.2, 0.25) is 0 Å². The molecule has 0 saturated carbocycles. The summed E-state index contributed by atoms with van der Waals surface area (Å²) < 4.78 is 34.0. The van der Waals surface area contributed by atoms with Crippen LogP contribution < -0.4 is 18.6 Å². The van der Waals surface area contributed by atoms with Crippen LogP contribution in [0.15, 0.2) is 0 Å². The third-order valence-electron chi connectivity index (χ3n) is 8.69. The molecule has 0 aromatic rings. The van der Waals surface area contributed by atoms with Gasteiger partial charge in [0, 0.05) is 19.3 Å². The van der Waals surface area contributed by atoms with Crippen LogP contribution in [-0.2, 0) is 0 Å². The predicted octanol–water partition coefficient (Wildman–Crippen LogP) is 7.18. The van der Waals surface area contributed by atoms with Gasteiger partial charge >= 0.3 is 0 Å². The van der Waals surface area contributed by atoms with Gasteiger partial charge in [-0.15, -0.1) is 10.2 Å². The van der Waals surface area contributed by atoms with Crippen molar-refractivity contribution >= 4 is 0 Å². The van der Waals surface area contributed by atoms with Crippen LogP contribution >= 0.6 is 0 Å². The van der Waals surface area contributed by atoms with Gasteiger partial charge in [-0.3, -0.25) is 0 Å². The fraction of sp³-hybridized carbons (Fsp3) is 1.00. The third kappa shape index (κ3) is 28.5. The van der Waals surface area contributed by atoms with Gasteiger partial charge in [-0.1, -0.05) is 156 Å². The molecule has 0 amide bonds. The van der Waals surface area contributed by atoms with Crippen molar-refractivity contribution in [3.05, 3.63) is 0 Å². The number of hydroxylamine groups is 4. The van der Waals surface area contributed by atoms with E-state index in [9.17, 15) is 10.4 Å². The van der Waals surface area contributed by atoms with Crippen LogP contribution in [0.25, 0.3) is 0 Å². The van der Waals surface area contributed by atoms with Gasteiger partial charge in [0.05, 0.1) is 0 Å². The van der Waals surface area contributed by atoms with Crippen LogP contribution in [0.3, 0.4) is 0 Å². The van der Waals surface area contributed by atoms with Gasteiger partial charge < -0.3 is 0 Å². The Morgan fingerprint density at radius 2 is 0.610 bits per heavy atom. The molecule has 0 aliphatic heterocycles. The molecular formula is C33H70ClNO6. The highest BCUT2D eigenvalue weighted by Crippen LogP contribution is 2.38. The Balaban J connectivity index is 0. The highest BCUT2D eigenvalue weighted by molar-refractivity contribution is 4.80. The lowest BCUT2D eigenvalue weighted by Gasteiger charge is -2.42. The van der Waals surface area contributed by atoms with Gasteiger partial charge in [-0.25, -0.2) is 18.6 Å². The van der Waals surface area contributed by atoms with Crippen molar-refractivity contribution in [3.8, 4) is 0 Å². The minimum atomic E-state index is -4.94. The Kier molecular flexibility index (Phi) is 30.3. The monoisotopic (exact) mass is 611 g/mol. The number of unbranched alkanes of at least 4 members (excludes halogenated alkanes) is 21. The van der Waals surface area contributed by atoms with E-state index >= 15 is 0 Å². The first-order valence-corrected chi connectivity index (χ1v) is 18.7. The highest BCUT2D eigenvalue weighted by atomic mass is 35.7. The van der Waals surface area contributed by atoms with Crippen molar-refractivity contribution in [1.82, 2.24) is 0 Å². The van der Waals surface area contributed by atoms with Gasteiger partial charge in [-0.2, -0.15) is 10.4 Å². The van der Waals surface area contributed by atoms with Crippen LogP contribution in [0.2, 0.25) is 0 Å². The molecule has 0 rings (SSSR count). The fourth-order valence-electron chi connectivity index (χ4n) is 6.01. The highest BCUT2D eigenvalue weighted by Gasteiger charge is 2.49. The van der Waals surface area contributed by atoms with E-state index < -0.39 is 15.1 Å². The summed E-state index contributed by atoms with van der Waals surface area (Å²) >= 11 is 0. The summed E-state index contributed by atoms with van der Waals surface area (Å²) in [6.45, 7) is 9.18. The number of nitrogens with zero attached hydrogens (tertiary/aromatic N) is 1. The second kappa shape index (κ2) is 28.8. The average Bonchev–Trinajstić information content (AvgIpc) is 2.91. The van der Waals surface area contributed by atoms with Crippen LogP contribution in [0.4, 0.5) is 0 Å². The van der Waals surface area contributed by atoms with Crippen LogP contribution in [0.5, 0.6) is 0 Å². The minimum absolute atomic E-state index is 0.374. The van der Waals surface area contributed by atoms with E-state index in [1.54, 1.807) is 0 Å². The van der Waals surface area contributed by atoms with E-state index in [-0.39, 0.29) is 5.54 Å². The van der Waals surface area contributed by atoms with Crippen LogP contribution in [-0.4, -0.2) is 27.3 Å². The van der Waals surface area contributed by atoms with Crippen LogP contribution in [0.1, 0.15) is 201 Å². The molecule has 0 spiro atoms. The number of rotatable bonds is 29. The zero-order valence-electron chi connectivity index (χ0n) is 27.7. The summed E-state index contributed by atoms with van der Waals surface area (Å²) in [5, 5.41) is 22.5. The summed E-state index contributed by atoms with van der Waals surface area (Å²) in [5.74, 6) is 0. The molecule has 0 aliphatic carbocycles. The van der Waals surface area contributed by atoms with E-state index in [1.165, 1.54) is 135 Å². The molecule has 0 radical (unpaired) electrons. The number of hydrogen-bond donors (Lipinski definition) is 2. The van der Waals surface area contributed by atoms with Crippen molar-refractivity contribution < 1.29 is 44.1 Å². The van der Waals surface area contributed by atoms with Crippen molar-refractivity contribution in [2.45, 2.75) is 207 Å². The summed E-state index contributed by atoms with van der Waals surface area (Å²) in [4.78, 5) is -0.753. The van der Waals surface area contributed by atoms with Gasteiger partial charge in [0.15, 0.2) is 5.54 Å². The molecule has 7 nitrogen and oxygen atoms in total. The molecule has 0 bridgehead atoms. The molecular weight excluding hydrogens is 542 g/mol. The molecule has 0 atom stereocenters. The zero-order valence-corrected chi connectivity index (χ0v) is 28.4.